The van der Waals surface area contributed by atoms with E-state index in [9.17, 15) is 0 Å². The molecule has 0 radical (unpaired) electrons. The Morgan fingerprint density at radius 2 is 2.07 bits per heavy atom. The Kier molecular flexibility index (Phi) is 3.85. The summed E-state index contributed by atoms with van der Waals surface area (Å²) in [5, 5.41) is 12.1. The van der Waals surface area contributed by atoms with Crippen LogP contribution in [0.1, 0.15) is 26.7 Å². The number of aliphatic hydroxyl groups excluding tert-OH is 1. The van der Waals surface area contributed by atoms with Crippen molar-refractivity contribution >= 4 is 11.6 Å². The molecule has 1 aromatic heterocycles. The number of anilines is 2. The summed E-state index contributed by atoms with van der Waals surface area (Å²) in [6.45, 7) is 4.23. The lowest BCUT2D eigenvalue weighted by atomic mass is 9.95. The van der Waals surface area contributed by atoms with E-state index >= 15 is 0 Å². The Bertz CT molecular complexity index is 301. The van der Waals surface area contributed by atoms with Crippen molar-refractivity contribution < 1.29 is 5.11 Å². The number of hydrogen-bond donors (Lipinski definition) is 3. The number of aromatic nitrogens is 2. The average Bonchev–Trinajstić information content (AvgIpc) is 2.22. The van der Waals surface area contributed by atoms with Crippen LogP contribution >= 0.6 is 0 Å². The van der Waals surface area contributed by atoms with Crippen LogP contribution in [0.5, 0.6) is 0 Å². The normalized spacial score (nSPS) is 14.6. The standard InChI is InChI=1S/C10H18N4O/c1-3-10(2,4-5-15)14-9-12-6-8(11)7-13-9/h6-7,15H,3-5,11H2,1-2H3,(H,12,13,14). The SMILES string of the molecule is CCC(C)(CCO)Nc1ncc(N)cn1. The van der Waals surface area contributed by atoms with E-state index in [2.05, 4.69) is 22.2 Å². The van der Waals surface area contributed by atoms with Gasteiger partial charge in [-0.2, -0.15) is 0 Å². The molecule has 0 saturated carbocycles. The zero-order chi connectivity index (χ0) is 11.3. The van der Waals surface area contributed by atoms with E-state index in [1.807, 2.05) is 6.92 Å². The van der Waals surface area contributed by atoms with Gasteiger partial charge in [0.25, 0.3) is 0 Å². The highest BCUT2D eigenvalue weighted by Crippen LogP contribution is 2.19. The molecule has 1 unspecified atom stereocenters. The molecule has 0 spiro atoms. The summed E-state index contributed by atoms with van der Waals surface area (Å²) >= 11 is 0. The fraction of sp³-hybridized carbons (Fsp3) is 0.600. The number of rotatable bonds is 5. The topological polar surface area (TPSA) is 84.1 Å². The second-order valence-corrected chi connectivity index (χ2v) is 3.85. The summed E-state index contributed by atoms with van der Waals surface area (Å²) in [6.07, 6.45) is 4.67. The Balaban J connectivity index is 2.70. The van der Waals surface area contributed by atoms with Gasteiger partial charge in [-0.05, 0) is 19.8 Å². The van der Waals surface area contributed by atoms with Crippen molar-refractivity contribution in [2.75, 3.05) is 17.7 Å². The lowest BCUT2D eigenvalue weighted by Gasteiger charge is -2.28. The summed E-state index contributed by atoms with van der Waals surface area (Å²) < 4.78 is 0. The van der Waals surface area contributed by atoms with E-state index in [0.717, 1.165) is 6.42 Å². The number of nitrogens with one attached hydrogen (secondary N) is 1. The van der Waals surface area contributed by atoms with Crippen LogP contribution in [0.15, 0.2) is 12.4 Å². The van der Waals surface area contributed by atoms with E-state index in [1.54, 1.807) is 12.4 Å². The van der Waals surface area contributed by atoms with Crippen molar-refractivity contribution in [3.8, 4) is 0 Å². The number of nitrogens with zero attached hydrogens (tertiary/aromatic N) is 2. The molecule has 1 heterocycles. The van der Waals surface area contributed by atoms with Gasteiger partial charge in [0.1, 0.15) is 0 Å². The summed E-state index contributed by atoms with van der Waals surface area (Å²) in [4.78, 5) is 8.13. The fourth-order valence-electron chi connectivity index (χ4n) is 1.25. The Morgan fingerprint density at radius 3 is 2.53 bits per heavy atom. The van der Waals surface area contributed by atoms with E-state index < -0.39 is 0 Å². The molecule has 84 valence electrons. The van der Waals surface area contributed by atoms with Crippen molar-refractivity contribution in [3.63, 3.8) is 0 Å². The molecule has 0 aromatic carbocycles. The van der Waals surface area contributed by atoms with Crippen LogP contribution in [-0.2, 0) is 0 Å². The minimum atomic E-state index is -0.176. The maximum absolute atomic E-state index is 8.95. The third-order valence-electron chi connectivity index (χ3n) is 2.53. The molecule has 0 aliphatic carbocycles. The number of nitrogens with two attached hydrogens (primary N) is 1. The van der Waals surface area contributed by atoms with Crippen LogP contribution in [0.25, 0.3) is 0 Å². The van der Waals surface area contributed by atoms with Crippen LogP contribution in [0.4, 0.5) is 11.6 Å². The fourth-order valence-corrected chi connectivity index (χ4v) is 1.25. The van der Waals surface area contributed by atoms with Crippen molar-refractivity contribution in [3.05, 3.63) is 12.4 Å². The van der Waals surface area contributed by atoms with Crippen LogP contribution in [0.2, 0.25) is 0 Å². The first-order valence-corrected chi connectivity index (χ1v) is 5.06. The van der Waals surface area contributed by atoms with E-state index in [0.29, 0.717) is 18.1 Å². The molecule has 15 heavy (non-hydrogen) atoms. The summed E-state index contributed by atoms with van der Waals surface area (Å²) in [6, 6.07) is 0. The first-order valence-electron chi connectivity index (χ1n) is 5.06. The lowest BCUT2D eigenvalue weighted by molar-refractivity contribution is 0.251. The number of aliphatic hydroxyl groups is 1. The van der Waals surface area contributed by atoms with Gasteiger partial charge in [0.15, 0.2) is 0 Å². The second-order valence-electron chi connectivity index (χ2n) is 3.85. The molecule has 0 amide bonds. The van der Waals surface area contributed by atoms with Gasteiger partial charge in [-0.15, -0.1) is 0 Å². The van der Waals surface area contributed by atoms with Crippen molar-refractivity contribution in [2.45, 2.75) is 32.2 Å². The van der Waals surface area contributed by atoms with Gasteiger partial charge in [-0.25, -0.2) is 9.97 Å². The molecule has 0 aliphatic rings. The number of nitrogen functional groups attached to an aromatic ring is 1. The summed E-state index contributed by atoms with van der Waals surface area (Å²) in [7, 11) is 0. The minimum absolute atomic E-state index is 0.145. The Labute approximate surface area is 89.7 Å². The Hall–Kier alpha value is -1.36. The third kappa shape index (κ3) is 3.36. The monoisotopic (exact) mass is 210 g/mol. The van der Waals surface area contributed by atoms with Crippen molar-refractivity contribution in [2.24, 2.45) is 0 Å². The smallest absolute Gasteiger partial charge is 0.223 e. The highest BCUT2D eigenvalue weighted by Gasteiger charge is 2.21. The molecular weight excluding hydrogens is 192 g/mol. The summed E-state index contributed by atoms with van der Waals surface area (Å²) in [5.74, 6) is 0.544. The molecular formula is C10H18N4O. The molecule has 4 N–H and O–H groups in total. The van der Waals surface area contributed by atoms with Crippen LogP contribution < -0.4 is 11.1 Å². The molecule has 1 atom stereocenters. The lowest BCUT2D eigenvalue weighted by Crippen LogP contribution is -2.35. The van der Waals surface area contributed by atoms with Crippen LogP contribution in [0.3, 0.4) is 0 Å². The van der Waals surface area contributed by atoms with Gasteiger partial charge in [-0.1, -0.05) is 6.92 Å². The molecule has 0 aliphatic heterocycles. The largest absolute Gasteiger partial charge is 0.396 e. The first kappa shape index (κ1) is 11.7. The second kappa shape index (κ2) is 4.93. The first-order chi connectivity index (χ1) is 7.09. The predicted octanol–water partition coefficient (Wildman–Crippen LogP) is 1.02. The predicted molar refractivity (Wildman–Crippen MR) is 60.5 cm³/mol. The van der Waals surface area contributed by atoms with Gasteiger partial charge in [0.05, 0.1) is 18.1 Å². The molecule has 0 bridgehead atoms. The molecule has 0 fully saturated rings. The van der Waals surface area contributed by atoms with Gasteiger partial charge < -0.3 is 16.2 Å². The van der Waals surface area contributed by atoms with Gasteiger partial charge >= 0.3 is 0 Å². The molecule has 5 heteroatoms. The zero-order valence-corrected chi connectivity index (χ0v) is 9.20. The maximum atomic E-state index is 8.95. The summed E-state index contributed by atoms with van der Waals surface area (Å²) in [5.41, 5.74) is 5.86. The van der Waals surface area contributed by atoms with Crippen LogP contribution in [0, 0.1) is 0 Å². The third-order valence-corrected chi connectivity index (χ3v) is 2.53. The molecule has 5 nitrogen and oxygen atoms in total. The van der Waals surface area contributed by atoms with E-state index in [-0.39, 0.29) is 12.1 Å². The number of hydrogen-bond acceptors (Lipinski definition) is 5. The molecule has 1 rings (SSSR count). The highest BCUT2D eigenvalue weighted by atomic mass is 16.3. The molecule has 0 saturated heterocycles. The van der Waals surface area contributed by atoms with E-state index in [4.69, 9.17) is 10.8 Å². The van der Waals surface area contributed by atoms with Gasteiger partial charge in [0, 0.05) is 12.1 Å². The highest BCUT2D eigenvalue weighted by molar-refractivity contribution is 5.37. The van der Waals surface area contributed by atoms with Gasteiger partial charge in [0.2, 0.25) is 5.95 Å². The van der Waals surface area contributed by atoms with Crippen molar-refractivity contribution in [1.29, 1.82) is 0 Å². The zero-order valence-electron chi connectivity index (χ0n) is 9.20. The average molecular weight is 210 g/mol. The Morgan fingerprint density at radius 1 is 1.47 bits per heavy atom. The molecule has 1 aromatic rings. The van der Waals surface area contributed by atoms with Crippen molar-refractivity contribution in [1.82, 2.24) is 9.97 Å². The quantitative estimate of drug-likeness (QED) is 0.675. The minimum Gasteiger partial charge on any atom is -0.396 e. The van der Waals surface area contributed by atoms with Gasteiger partial charge in [-0.3, -0.25) is 0 Å². The maximum Gasteiger partial charge on any atom is 0.223 e. The van der Waals surface area contributed by atoms with E-state index in [1.165, 1.54) is 0 Å². The van der Waals surface area contributed by atoms with Crippen LogP contribution in [-0.4, -0.2) is 27.2 Å².